The van der Waals surface area contributed by atoms with Crippen LogP contribution in [0.4, 0.5) is 0 Å². The zero-order valence-electron chi connectivity index (χ0n) is 16.6. The molecule has 0 radical (unpaired) electrons. The Balaban J connectivity index is 0.000000755. The van der Waals surface area contributed by atoms with Gasteiger partial charge in [0.15, 0.2) is 17.2 Å². The second-order valence-corrected chi connectivity index (χ2v) is 7.09. The molecule has 0 saturated heterocycles. The van der Waals surface area contributed by atoms with Crippen LogP contribution in [0.15, 0.2) is 30.3 Å². The highest BCUT2D eigenvalue weighted by atomic mass is 16.5. The molecule has 1 aromatic carbocycles. The van der Waals surface area contributed by atoms with Crippen LogP contribution >= 0.6 is 0 Å². The Bertz CT molecular complexity index is 1040. The number of rotatable bonds is 6. The van der Waals surface area contributed by atoms with E-state index in [9.17, 15) is 4.79 Å². The molecule has 2 heterocycles. The minimum absolute atomic E-state index is 0.0664. The number of hydrogen-bond acceptors (Lipinski definition) is 6. The van der Waals surface area contributed by atoms with E-state index in [1.807, 2.05) is 34.8 Å². The van der Waals surface area contributed by atoms with Crippen molar-refractivity contribution in [3.8, 4) is 17.0 Å². The summed E-state index contributed by atoms with van der Waals surface area (Å²) in [6, 6.07) is 9.57. The number of hydrogen-bond donors (Lipinski definition) is 1. The molecule has 3 aromatic rings. The third-order valence-corrected chi connectivity index (χ3v) is 5.07. The Morgan fingerprint density at radius 3 is 2.52 bits per heavy atom. The van der Waals surface area contributed by atoms with E-state index in [2.05, 4.69) is 6.92 Å². The van der Waals surface area contributed by atoms with Gasteiger partial charge in [0.1, 0.15) is 6.29 Å². The van der Waals surface area contributed by atoms with Crippen LogP contribution in [-0.4, -0.2) is 46.7 Å². The number of nitrogens with zero attached hydrogens (tertiary/aromatic N) is 3. The normalized spacial score (nSPS) is 14.0. The van der Waals surface area contributed by atoms with Gasteiger partial charge in [-0.2, -0.15) is 0 Å². The summed E-state index contributed by atoms with van der Waals surface area (Å²) in [6.45, 7) is 2.31. The van der Waals surface area contributed by atoms with Crippen molar-refractivity contribution in [3.63, 3.8) is 0 Å². The minimum atomic E-state index is -0.250. The molecule has 1 aliphatic carbocycles. The Kier molecular flexibility index (Phi) is 5.93. The minimum Gasteiger partial charge on any atom is -0.493 e. The first-order chi connectivity index (χ1) is 14.0. The van der Waals surface area contributed by atoms with E-state index in [1.54, 1.807) is 14.2 Å². The number of benzene rings is 1. The van der Waals surface area contributed by atoms with Crippen molar-refractivity contribution in [2.24, 2.45) is 0 Å². The van der Waals surface area contributed by atoms with Crippen molar-refractivity contribution in [2.45, 2.75) is 31.8 Å². The highest BCUT2D eigenvalue weighted by molar-refractivity contribution is 5.79. The van der Waals surface area contributed by atoms with Gasteiger partial charge < -0.3 is 14.6 Å². The molecule has 1 aliphatic rings. The number of carbonyl (C=O) groups excluding carboxylic acids is 1. The number of carboxylic acid groups (broad SMARTS) is 1. The number of ether oxygens (including phenoxy) is 2. The van der Waals surface area contributed by atoms with Crippen molar-refractivity contribution in [2.75, 3.05) is 14.2 Å². The first kappa shape index (κ1) is 20.5. The summed E-state index contributed by atoms with van der Waals surface area (Å²) in [5, 5.41) is 11.7. The number of aldehydes is 1. The molecular formula is C21H23N3O5. The lowest BCUT2D eigenvalue weighted by molar-refractivity contribution is -0.122. The average molecular weight is 397 g/mol. The van der Waals surface area contributed by atoms with Gasteiger partial charge in [-0.05, 0) is 36.6 Å². The summed E-state index contributed by atoms with van der Waals surface area (Å²) in [6.07, 6.45) is 3.06. The summed E-state index contributed by atoms with van der Waals surface area (Å²) in [5.41, 5.74) is 4.10. The van der Waals surface area contributed by atoms with Crippen molar-refractivity contribution in [1.29, 1.82) is 0 Å². The van der Waals surface area contributed by atoms with E-state index in [-0.39, 0.29) is 11.9 Å². The van der Waals surface area contributed by atoms with E-state index in [1.165, 1.54) is 0 Å². The largest absolute Gasteiger partial charge is 0.493 e. The van der Waals surface area contributed by atoms with Crippen molar-refractivity contribution in [3.05, 3.63) is 47.3 Å². The number of methoxy groups -OCH3 is 2. The fourth-order valence-corrected chi connectivity index (χ4v) is 3.14. The maximum Gasteiger partial charge on any atom is 0.290 e. The van der Waals surface area contributed by atoms with E-state index < -0.39 is 0 Å². The Hall–Kier alpha value is -3.26. The maximum atomic E-state index is 11.3. The van der Waals surface area contributed by atoms with Gasteiger partial charge >= 0.3 is 0 Å². The molecule has 2 aromatic heterocycles. The molecular weight excluding hydrogens is 374 g/mol. The molecule has 0 aliphatic heterocycles. The molecule has 4 rings (SSSR count). The highest BCUT2D eigenvalue weighted by Gasteiger charge is 2.43. The smallest absolute Gasteiger partial charge is 0.290 e. The van der Waals surface area contributed by atoms with E-state index in [0.717, 1.165) is 41.8 Å². The van der Waals surface area contributed by atoms with Crippen LogP contribution in [0.5, 0.6) is 5.75 Å². The number of fused-ring (bicyclic) bond motifs is 1. The molecule has 0 spiro atoms. The quantitative estimate of drug-likeness (QED) is 0.638. The zero-order valence-corrected chi connectivity index (χ0v) is 16.6. The van der Waals surface area contributed by atoms with Gasteiger partial charge in [-0.1, -0.05) is 19.1 Å². The first-order valence-electron chi connectivity index (χ1n) is 9.10. The van der Waals surface area contributed by atoms with Crippen molar-refractivity contribution in [1.82, 2.24) is 14.6 Å². The van der Waals surface area contributed by atoms with Crippen LogP contribution in [0.3, 0.4) is 0 Å². The molecule has 1 N–H and O–H groups in total. The van der Waals surface area contributed by atoms with Crippen molar-refractivity contribution >= 4 is 18.4 Å². The second-order valence-electron chi connectivity index (χ2n) is 7.09. The Labute approximate surface area is 168 Å². The SMILES string of the molecule is COCc1cc(-c2ccc(OC)c3nc(C4(C)CC4)nn23)ccc1C=O.O=CO. The lowest BCUT2D eigenvalue weighted by Gasteiger charge is -2.10. The van der Waals surface area contributed by atoms with Gasteiger partial charge in [0.05, 0.1) is 19.4 Å². The summed E-state index contributed by atoms with van der Waals surface area (Å²) in [7, 11) is 3.25. The molecule has 0 unspecified atom stereocenters. The molecule has 152 valence electrons. The molecule has 1 saturated carbocycles. The van der Waals surface area contributed by atoms with Gasteiger partial charge in [0, 0.05) is 23.7 Å². The first-order valence-corrected chi connectivity index (χ1v) is 9.10. The summed E-state index contributed by atoms with van der Waals surface area (Å²) in [5.74, 6) is 1.54. The average Bonchev–Trinajstić information content (AvgIpc) is 3.31. The molecule has 8 heteroatoms. The van der Waals surface area contributed by atoms with Gasteiger partial charge in [0.2, 0.25) is 0 Å². The third-order valence-electron chi connectivity index (χ3n) is 5.07. The van der Waals surface area contributed by atoms with Crippen LogP contribution in [0.1, 0.15) is 41.5 Å². The number of pyridine rings is 1. The lowest BCUT2D eigenvalue weighted by Crippen LogP contribution is -2.03. The number of carbonyl (C=O) groups is 2. The molecule has 0 amide bonds. The third kappa shape index (κ3) is 3.97. The molecule has 0 atom stereocenters. The van der Waals surface area contributed by atoms with Gasteiger partial charge in [-0.25, -0.2) is 9.50 Å². The van der Waals surface area contributed by atoms with E-state index in [0.29, 0.717) is 23.6 Å². The van der Waals surface area contributed by atoms with Gasteiger partial charge in [-0.3, -0.25) is 9.59 Å². The molecule has 1 fully saturated rings. The fourth-order valence-electron chi connectivity index (χ4n) is 3.14. The highest BCUT2D eigenvalue weighted by Crippen LogP contribution is 2.46. The zero-order chi connectivity index (χ0) is 21.0. The summed E-state index contributed by atoms with van der Waals surface area (Å²) < 4.78 is 12.5. The van der Waals surface area contributed by atoms with Gasteiger partial charge in [-0.15, -0.1) is 5.10 Å². The standard InChI is InChI=1S/C20H21N3O3.CH2O2/c1-20(8-9-20)19-21-18-17(26-3)7-6-16(23(18)22-19)13-4-5-14(11-24)15(10-13)12-25-2;2-1-3/h4-7,10-11H,8-9,12H2,1-3H3;1H,(H,2,3). The number of aromatic nitrogens is 3. The van der Waals surface area contributed by atoms with Crippen molar-refractivity contribution < 1.29 is 24.2 Å². The molecule has 0 bridgehead atoms. The van der Waals surface area contributed by atoms with E-state index >= 15 is 0 Å². The lowest BCUT2D eigenvalue weighted by atomic mass is 10.0. The molecule has 8 nitrogen and oxygen atoms in total. The molecule has 29 heavy (non-hydrogen) atoms. The van der Waals surface area contributed by atoms with Crippen LogP contribution in [0.2, 0.25) is 0 Å². The second kappa shape index (κ2) is 8.40. The Morgan fingerprint density at radius 2 is 1.93 bits per heavy atom. The topological polar surface area (TPSA) is 103 Å². The predicted octanol–water partition coefficient (Wildman–Crippen LogP) is 3.12. The summed E-state index contributed by atoms with van der Waals surface area (Å²) in [4.78, 5) is 24.4. The predicted molar refractivity (Wildman–Crippen MR) is 106 cm³/mol. The van der Waals surface area contributed by atoms with Crippen LogP contribution in [0.25, 0.3) is 16.9 Å². The monoisotopic (exact) mass is 397 g/mol. The van der Waals surface area contributed by atoms with Crippen LogP contribution in [-0.2, 0) is 21.6 Å². The maximum absolute atomic E-state index is 11.3. The fraction of sp³-hybridized carbons (Fsp3) is 0.333. The van der Waals surface area contributed by atoms with Gasteiger partial charge in [0.25, 0.3) is 6.47 Å². The van der Waals surface area contributed by atoms with E-state index in [4.69, 9.17) is 29.5 Å². The van der Waals surface area contributed by atoms with Crippen LogP contribution in [0, 0.1) is 0 Å². The Morgan fingerprint density at radius 1 is 1.21 bits per heavy atom. The summed E-state index contributed by atoms with van der Waals surface area (Å²) >= 11 is 0. The van der Waals surface area contributed by atoms with Crippen LogP contribution < -0.4 is 4.74 Å².